The van der Waals surface area contributed by atoms with Gasteiger partial charge in [-0.1, -0.05) is 24.3 Å². The molecular weight excluding hydrogens is 498 g/mol. The van der Waals surface area contributed by atoms with Crippen molar-refractivity contribution in [3.63, 3.8) is 0 Å². The summed E-state index contributed by atoms with van der Waals surface area (Å²) in [5.74, 6) is 0.237. The number of para-hydroxylation sites is 1. The number of nitrogens with zero attached hydrogens (tertiary/aromatic N) is 5. The van der Waals surface area contributed by atoms with Gasteiger partial charge >= 0.3 is 0 Å². The second kappa shape index (κ2) is 9.79. The van der Waals surface area contributed by atoms with E-state index in [0.29, 0.717) is 48.7 Å². The molecule has 4 aromatic rings. The van der Waals surface area contributed by atoms with Gasteiger partial charge in [0.1, 0.15) is 5.75 Å². The fourth-order valence-electron chi connectivity index (χ4n) is 5.10. The van der Waals surface area contributed by atoms with Crippen molar-refractivity contribution in [3.8, 4) is 11.7 Å². The van der Waals surface area contributed by atoms with Gasteiger partial charge in [-0.25, -0.2) is 0 Å². The molecule has 0 saturated carbocycles. The van der Waals surface area contributed by atoms with Gasteiger partial charge < -0.3 is 19.0 Å². The lowest BCUT2D eigenvalue weighted by Gasteiger charge is -2.36. The summed E-state index contributed by atoms with van der Waals surface area (Å²) in [5.41, 5.74) is 3.14. The Morgan fingerprint density at radius 2 is 1.72 bits per heavy atom. The molecule has 1 saturated heterocycles. The minimum atomic E-state index is -0.311. The summed E-state index contributed by atoms with van der Waals surface area (Å²) in [4.78, 5) is 44.7. The van der Waals surface area contributed by atoms with E-state index in [9.17, 15) is 14.4 Å². The van der Waals surface area contributed by atoms with Crippen LogP contribution in [-0.2, 0) is 13.6 Å². The number of anilines is 1. The number of hydrogen-bond acceptors (Lipinski definition) is 7. The number of hydrogen-bond donors (Lipinski definition) is 0. The molecule has 1 fully saturated rings. The van der Waals surface area contributed by atoms with Crippen LogP contribution < -0.4 is 9.64 Å². The molecule has 3 amide bonds. The maximum Gasteiger partial charge on any atom is 0.290 e. The van der Waals surface area contributed by atoms with Gasteiger partial charge in [-0.05, 0) is 37.3 Å². The Balaban J connectivity index is 1.13. The van der Waals surface area contributed by atoms with Crippen molar-refractivity contribution >= 4 is 23.4 Å². The smallest absolute Gasteiger partial charge is 0.290 e. The molecule has 2 aliphatic heterocycles. The highest BCUT2D eigenvalue weighted by Crippen LogP contribution is 2.33. The van der Waals surface area contributed by atoms with Crippen LogP contribution in [-0.4, -0.2) is 63.5 Å². The van der Waals surface area contributed by atoms with Gasteiger partial charge in [0.15, 0.2) is 5.76 Å². The van der Waals surface area contributed by atoms with Crippen molar-refractivity contribution in [1.82, 2.24) is 19.6 Å². The largest absolute Gasteiger partial charge is 0.426 e. The van der Waals surface area contributed by atoms with Crippen molar-refractivity contribution in [1.29, 1.82) is 0 Å². The first-order valence-electron chi connectivity index (χ1n) is 12.7. The van der Waals surface area contributed by atoms with Crippen LogP contribution >= 0.6 is 0 Å². The summed E-state index contributed by atoms with van der Waals surface area (Å²) in [6, 6.07) is 17.8. The maximum atomic E-state index is 13.4. The van der Waals surface area contributed by atoms with Crippen LogP contribution in [0.1, 0.15) is 42.5 Å². The minimum absolute atomic E-state index is 0.173. The quantitative estimate of drug-likeness (QED) is 0.352. The van der Waals surface area contributed by atoms with Crippen LogP contribution in [0.5, 0.6) is 11.7 Å². The molecule has 0 atom stereocenters. The van der Waals surface area contributed by atoms with Gasteiger partial charge in [-0.3, -0.25) is 24.0 Å². The van der Waals surface area contributed by atoms with E-state index in [-0.39, 0.29) is 36.0 Å². The number of aromatic nitrogens is 2. The Morgan fingerprint density at radius 1 is 0.949 bits per heavy atom. The molecule has 0 unspecified atom stereocenters. The SMILES string of the molecule is Cc1nn(C)cc1CN1C(=O)c2cccc(N3CCN(C(=O)c4ccc(Oc5ccccc5)o4)CC3)c2C1=O. The zero-order valence-electron chi connectivity index (χ0n) is 21.7. The summed E-state index contributed by atoms with van der Waals surface area (Å²) in [7, 11) is 1.81. The number of furan rings is 1. The second-order valence-corrected chi connectivity index (χ2v) is 9.62. The molecule has 10 nitrogen and oxygen atoms in total. The standard InChI is InChI=1S/C29H27N5O5/c1-19-20(17-31(2)30-19)18-34-27(35)22-9-6-10-23(26(22)29(34)37)32-13-15-33(16-14-32)28(36)24-11-12-25(39-24)38-21-7-4-3-5-8-21/h3-12,17H,13-16,18H2,1-2H3. The van der Waals surface area contributed by atoms with Crippen LogP contribution in [0.3, 0.4) is 0 Å². The van der Waals surface area contributed by atoms with Crippen LogP contribution in [0.4, 0.5) is 5.69 Å². The van der Waals surface area contributed by atoms with Crippen LogP contribution in [0.15, 0.2) is 71.3 Å². The molecule has 0 spiro atoms. The fourth-order valence-corrected chi connectivity index (χ4v) is 5.10. The number of piperazine rings is 1. The van der Waals surface area contributed by atoms with E-state index < -0.39 is 0 Å². The zero-order chi connectivity index (χ0) is 27.1. The topological polar surface area (TPSA) is 101 Å². The lowest BCUT2D eigenvalue weighted by Crippen LogP contribution is -2.49. The van der Waals surface area contributed by atoms with Crippen LogP contribution in [0.25, 0.3) is 0 Å². The summed E-state index contributed by atoms with van der Waals surface area (Å²) >= 11 is 0. The number of aryl methyl sites for hydroxylation is 2. The number of ether oxygens (including phenoxy) is 1. The predicted molar refractivity (Wildman–Crippen MR) is 142 cm³/mol. The molecule has 0 bridgehead atoms. The summed E-state index contributed by atoms with van der Waals surface area (Å²) < 4.78 is 13.0. The number of carbonyl (C=O) groups excluding carboxylic acids is 3. The molecule has 10 heteroatoms. The number of imide groups is 1. The monoisotopic (exact) mass is 525 g/mol. The lowest BCUT2D eigenvalue weighted by molar-refractivity contribution is 0.0639. The molecule has 2 aromatic heterocycles. The Bertz CT molecular complexity index is 1570. The van der Waals surface area contributed by atoms with E-state index in [4.69, 9.17) is 9.15 Å². The summed E-state index contributed by atoms with van der Waals surface area (Å²) in [6.07, 6.45) is 1.83. The fraction of sp³-hybridized carbons (Fsp3) is 0.241. The Labute approximate surface area is 225 Å². The van der Waals surface area contributed by atoms with Gasteiger partial charge in [0.2, 0.25) is 0 Å². The Morgan fingerprint density at radius 3 is 2.44 bits per heavy atom. The highest BCUT2D eigenvalue weighted by atomic mass is 16.6. The van der Waals surface area contributed by atoms with Gasteiger partial charge in [-0.2, -0.15) is 5.10 Å². The normalized spacial score (nSPS) is 15.2. The molecule has 6 rings (SSSR count). The van der Waals surface area contributed by atoms with E-state index in [1.54, 1.807) is 46.0 Å². The van der Waals surface area contributed by atoms with Gasteiger partial charge in [0.05, 0.1) is 29.1 Å². The molecule has 0 N–H and O–H groups in total. The third-order valence-electron chi connectivity index (χ3n) is 7.08. The van der Waals surface area contributed by atoms with Gasteiger partial charge in [0.25, 0.3) is 23.7 Å². The summed E-state index contributed by atoms with van der Waals surface area (Å²) in [6.45, 7) is 3.95. The van der Waals surface area contributed by atoms with E-state index in [0.717, 1.165) is 11.3 Å². The predicted octanol–water partition coefficient (Wildman–Crippen LogP) is 3.87. The van der Waals surface area contributed by atoms with Crippen molar-refractivity contribution in [2.24, 2.45) is 7.05 Å². The number of carbonyl (C=O) groups is 3. The molecule has 4 heterocycles. The molecule has 0 radical (unpaired) electrons. The highest BCUT2D eigenvalue weighted by Gasteiger charge is 2.39. The molecule has 2 aromatic carbocycles. The first-order chi connectivity index (χ1) is 18.9. The number of amides is 3. The second-order valence-electron chi connectivity index (χ2n) is 9.62. The number of fused-ring (bicyclic) bond motifs is 1. The highest BCUT2D eigenvalue weighted by molar-refractivity contribution is 6.23. The third-order valence-corrected chi connectivity index (χ3v) is 7.08. The van der Waals surface area contributed by atoms with Crippen molar-refractivity contribution in [2.75, 3.05) is 31.1 Å². The third kappa shape index (κ3) is 4.54. The van der Waals surface area contributed by atoms with Crippen molar-refractivity contribution in [2.45, 2.75) is 13.5 Å². The van der Waals surface area contributed by atoms with Gasteiger partial charge in [0, 0.05) is 51.1 Å². The first kappa shape index (κ1) is 24.5. The molecule has 198 valence electrons. The van der Waals surface area contributed by atoms with Crippen molar-refractivity contribution < 1.29 is 23.5 Å². The van der Waals surface area contributed by atoms with Crippen LogP contribution in [0, 0.1) is 6.92 Å². The van der Waals surface area contributed by atoms with E-state index >= 15 is 0 Å². The van der Waals surface area contributed by atoms with Gasteiger partial charge in [-0.15, -0.1) is 0 Å². The van der Waals surface area contributed by atoms with Crippen molar-refractivity contribution in [3.05, 3.63) is 95.0 Å². The van der Waals surface area contributed by atoms with E-state index in [1.807, 2.05) is 44.4 Å². The Kier molecular flexibility index (Phi) is 6.14. The number of benzene rings is 2. The average Bonchev–Trinajstić information content (AvgIpc) is 3.61. The van der Waals surface area contributed by atoms with E-state index in [2.05, 4.69) is 10.00 Å². The first-order valence-corrected chi connectivity index (χ1v) is 12.7. The lowest BCUT2D eigenvalue weighted by atomic mass is 10.1. The zero-order valence-corrected chi connectivity index (χ0v) is 21.7. The van der Waals surface area contributed by atoms with Crippen LogP contribution in [0.2, 0.25) is 0 Å². The van der Waals surface area contributed by atoms with E-state index in [1.165, 1.54) is 4.90 Å². The minimum Gasteiger partial charge on any atom is -0.426 e. The molecule has 2 aliphatic rings. The molecule has 0 aliphatic carbocycles. The Hall–Kier alpha value is -4.86. The summed E-state index contributed by atoms with van der Waals surface area (Å²) in [5, 5.41) is 4.32. The average molecular weight is 526 g/mol. The maximum absolute atomic E-state index is 13.4. The number of rotatable bonds is 6. The molecule has 39 heavy (non-hydrogen) atoms. The molecular formula is C29H27N5O5.